The summed E-state index contributed by atoms with van der Waals surface area (Å²) in [5.41, 5.74) is 2.09. The molecule has 2 aromatic carbocycles. The third-order valence-electron chi connectivity index (χ3n) is 8.79. The Bertz CT molecular complexity index is 1070. The van der Waals surface area contributed by atoms with Gasteiger partial charge in [0, 0.05) is 38.8 Å². The van der Waals surface area contributed by atoms with E-state index in [2.05, 4.69) is 22.3 Å². The number of carbonyl (C=O) groups excluding carboxylic acids is 2. The summed E-state index contributed by atoms with van der Waals surface area (Å²) in [4.78, 5) is 31.0. The van der Waals surface area contributed by atoms with E-state index in [0.29, 0.717) is 25.7 Å². The molecule has 1 N–H and O–H groups in total. The quantitative estimate of drug-likeness (QED) is 0.489. The average Bonchev–Trinajstić information content (AvgIpc) is 3.27. The Morgan fingerprint density at radius 1 is 1.03 bits per heavy atom. The van der Waals surface area contributed by atoms with Crippen LogP contribution in [-0.2, 0) is 20.9 Å². The SMILES string of the molecule is COc1ccc(CN2CCC3(CCN(CCC(NC(=O)C4CCOCC4)c4ccccc4)CC3)C2=O)cc1.Cl. The van der Waals surface area contributed by atoms with Crippen molar-refractivity contribution in [3.8, 4) is 5.75 Å². The van der Waals surface area contributed by atoms with E-state index in [1.54, 1.807) is 7.11 Å². The minimum Gasteiger partial charge on any atom is -0.497 e. The number of halogens is 1. The van der Waals surface area contributed by atoms with Crippen molar-refractivity contribution in [3.63, 3.8) is 0 Å². The Balaban J connectivity index is 0.00000353. The van der Waals surface area contributed by atoms with Crippen molar-refractivity contribution in [1.82, 2.24) is 15.1 Å². The van der Waals surface area contributed by atoms with E-state index < -0.39 is 0 Å². The molecule has 2 amide bonds. The molecule has 3 saturated heterocycles. The number of likely N-dealkylation sites (tertiary alicyclic amines) is 2. The summed E-state index contributed by atoms with van der Waals surface area (Å²) < 4.78 is 10.7. The van der Waals surface area contributed by atoms with Gasteiger partial charge in [0.2, 0.25) is 11.8 Å². The molecule has 8 heteroatoms. The lowest BCUT2D eigenvalue weighted by atomic mass is 9.77. The molecule has 3 aliphatic rings. The van der Waals surface area contributed by atoms with E-state index in [4.69, 9.17) is 9.47 Å². The van der Waals surface area contributed by atoms with Crippen molar-refractivity contribution in [1.29, 1.82) is 0 Å². The molecule has 3 heterocycles. The van der Waals surface area contributed by atoms with Crippen molar-refractivity contribution in [2.75, 3.05) is 46.5 Å². The van der Waals surface area contributed by atoms with Crippen LogP contribution in [0.1, 0.15) is 55.7 Å². The number of carbonyl (C=O) groups is 2. The first-order valence-electron chi connectivity index (χ1n) is 14.1. The number of benzene rings is 2. The van der Waals surface area contributed by atoms with E-state index in [-0.39, 0.29) is 35.7 Å². The molecule has 5 rings (SSSR count). The van der Waals surface area contributed by atoms with Crippen molar-refractivity contribution in [2.45, 2.75) is 51.1 Å². The summed E-state index contributed by atoms with van der Waals surface area (Å²) in [5.74, 6) is 1.34. The molecule has 39 heavy (non-hydrogen) atoms. The molecule has 3 aliphatic heterocycles. The van der Waals surface area contributed by atoms with Crippen molar-refractivity contribution < 1.29 is 19.1 Å². The second kappa shape index (κ2) is 13.6. The van der Waals surface area contributed by atoms with Crippen molar-refractivity contribution in [2.24, 2.45) is 11.3 Å². The fraction of sp³-hybridized carbons (Fsp3) is 0.548. The van der Waals surface area contributed by atoms with E-state index in [1.165, 1.54) is 0 Å². The fourth-order valence-corrected chi connectivity index (χ4v) is 6.23. The van der Waals surface area contributed by atoms with E-state index in [1.807, 2.05) is 47.4 Å². The zero-order valence-electron chi connectivity index (χ0n) is 23.0. The largest absolute Gasteiger partial charge is 0.497 e. The van der Waals surface area contributed by atoms with E-state index in [0.717, 1.165) is 81.6 Å². The smallest absolute Gasteiger partial charge is 0.229 e. The highest BCUT2D eigenvalue weighted by atomic mass is 35.5. The molecule has 1 unspecified atom stereocenters. The predicted octanol–water partition coefficient (Wildman–Crippen LogP) is 4.61. The minimum atomic E-state index is -0.209. The van der Waals surface area contributed by atoms with E-state index >= 15 is 0 Å². The number of piperidine rings is 1. The van der Waals surface area contributed by atoms with Gasteiger partial charge in [-0.15, -0.1) is 12.4 Å². The molecule has 1 atom stereocenters. The van der Waals surface area contributed by atoms with Gasteiger partial charge < -0.3 is 24.6 Å². The molecule has 0 radical (unpaired) electrons. The standard InChI is InChI=1S/C31H41N3O4.ClH/c1-37-27-9-7-24(8-10-27)23-34-20-16-31(30(34)36)14-18-33(19-15-31)17-11-28(25-5-3-2-4-6-25)32-29(35)26-12-21-38-22-13-26;/h2-10,26,28H,11-23H2,1H3,(H,32,35);1H. The van der Waals surface area contributed by atoms with Crippen LogP contribution in [0, 0.1) is 11.3 Å². The molecular formula is C31H42ClN3O4. The number of amides is 2. The summed E-state index contributed by atoms with van der Waals surface area (Å²) in [5, 5.41) is 3.34. The van der Waals surface area contributed by atoms with Crippen molar-refractivity contribution >= 4 is 24.2 Å². The number of ether oxygens (including phenoxy) is 2. The van der Waals surface area contributed by atoms with Gasteiger partial charge >= 0.3 is 0 Å². The van der Waals surface area contributed by atoms with Gasteiger partial charge in [-0.25, -0.2) is 0 Å². The van der Waals surface area contributed by atoms with Crippen LogP contribution in [0.25, 0.3) is 0 Å². The van der Waals surface area contributed by atoms with Gasteiger partial charge in [-0.1, -0.05) is 42.5 Å². The van der Waals surface area contributed by atoms with Gasteiger partial charge in [0.15, 0.2) is 0 Å². The molecule has 2 aromatic rings. The Morgan fingerprint density at radius 3 is 2.36 bits per heavy atom. The Morgan fingerprint density at radius 2 is 1.69 bits per heavy atom. The first kappa shape index (κ1) is 29.4. The van der Waals surface area contributed by atoms with Crippen LogP contribution in [0.15, 0.2) is 54.6 Å². The molecule has 0 aliphatic carbocycles. The normalized spacial score (nSPS) is 20.4. The first-order valence-corrected chi connectivity index (χ1v) is 14.1. The third kappa shape index (κ3) is 7.13. The summed E-state index contributed by atoms with van der Waals surface area (Å²) >= 11 is 0. The number of hydrogen-bond donors (Lipinski definition) is 1. The van der Waals surface area contributed by atoms with Gasteiger partial charge in [-0.2, -0.15) is 0 Å². The first-order chi connectivity index (χ1) is 18.6. The molecule has 0 saturated carbocycles. The maximum absolute atomic E-state index is 13.5. The number of nitrogens with one attached hydrogen (secondary N) is 1. The second-order valence-corrected chi connectivity index (χ2v) is 11.1. The van der Waals surface area contributed by atoms with Crippen LogP contribution in [0.3, 0.4) is 0 Å². The number of rotatable bonds is 9. The van der Waals surface area contributed by atoms with Gasteiger partial charge in [0.25, 0.3) is 0 Å². The highest BCUT2D eigenvalue weighted by Gasteiger charge is 2.47. The van der Waals surface area contributed by atoms with Gasteiger partial charge in [0.05, 0.1) is 18.6 Å². The van der Waals surface area contributed by atoms with Crippen molar-refractivity contribution in [3.05, 3.63) is 65.7 Å². The third-order valence-corrected chi connectivity index (χ3v) is 8.79. The van der Waals surface area contributed by atoms with Crippen LogP contribution in [-0.4, -0.2) is 68.1 Å². The molecule has 1 spiro atoms. The molecule has 212 valence electrons. The fourth-order valence-electron chi connectivity index (χ4n) is 6.23. The van der Waals surface area contributed by atoms with Crippen LogP contribution < -0.4 is 10.1 Å². The zero-order chi connectivity index (χ0) is 26.4. The molecule has 0 bridgehead atoms. The number of nitrogens with zero attached hydrogens (tertiary/aromatic N) is 2. The number of hydrogen-bond acceptors (Lipinski definition) is 5. The highest BCUT2D eigenvalue weighted by molar-refractivity contribution is 5.85. The second-order valence-electron chi connectivity index (χ2n) is 11.1. The maximum atomic E-state index is 13.5. The summed E-state index contributed by atoms with van der Waals surface area (Å²) in [6, 6.07) is 18.3. The zero-order valence-corrected chi connectivity index (χ0v) is 23.8. The Hall–Kier alpha value is -2.61. The number of methoxy groups -OCH3 is 1. The minimum absolute atomic E-state index is 0. The Labute approximate surface area is 238 Å². The molecule has 0 aromatic heterocycles. The lowest BCUT2D eigenvalue weighted by molar-refractivity contribution is -0.139. The monoisotopic (exact) mass is 555 g/mol. The Kier molecular flexibility index (Phi) is 10.3. The summed E-state index contributed by atoms with van der Waals surface area (Å²) in [6.07, 6.45) is 5.23. The summed E-state index contributed by atoms with van der Waals surface area (Å²) in [6.45, 7) is 5.60. The van der Waals surface area contributed by atoms with Crippen LogP contribution in [0.2, 0.25) is 0 Å². The molecule has 7 nitrogen and oxygen atoms in total. The van der Waals surface area contributed by atoms with Crippen LogP contribution >= 0.6 is 12.4 Å². The lowest BCUT2D eigenvalue weighted by Gasteiger charge is -2.38. The topological polar surface area (TPSA) is 71.1 Å². The molecule has 3 fully saturated rings. The molecular weight excluding hydrogens is 514 g/mol. The van der Waals surface area contributed by atoms with E-state index in [9.17, 15) is 9.59 Å². The summed E-state index contributed by atoms with van der Waals surface area (Å²) in [7, 11) is 1.67. The predicted molar refractivity (Wildman–Crippen MR) is 154 cm³/mol. The lowest BCUT2D eigenvalue weighted by Crippen LogP contribution is -2.45. The van der Waals surface area contributed by atoms with Gasteiger partial charge in [-0.05, 0) is 74.9 Å². The van der Waals surface area contributed by atoms with Gasteiger partial charge in [0.1, 0.15) is 5.75 Å². The highest BCUT2D eigenvalue weighted by Crippen LogP contribution is 2.42. The van der Waals surface area contributed by atoms with Crippen LogP contribution in [0.5, 0.6) is 5.75 Å². The average molecular weight is 556 g/mol. The maximum Gasteiger partial charge on any atom is 0.229 e. The van der Waals surface area contributed by atoms with Crippen LogP contribution in [0.4, 0.5) is 0 Å². The van der Waals surface area contributed by atoms with Gasteiger partial charge in [-0.3, -0.25) is 9.59 Å².